The van der Waals surface area contributed by atoms with E-state index in [2.05, 4.69) is 91.5 Å². The molecule has 0 radical (unpaired) electrons. The number of benzene rings is 2. The smallest absolute Gasteiger partial charge is 0.188 e. The molecule has 0 aromatic heterocycles. The Hall–Kier alpha value is -2.24. The van der Waals surface area contributed by atoms with Crippen molar-refractivity contribution in [1.82, 2.24) is 0 Å². The van der Waals surface area contributed by atoms with Crippen LogP contribution < -0.4 is 14.4 Å². The second kappa shape index (κ2) is 11.5. The van der Waals surface area contributed by atoms with E-state index in [0.29, 0.717) is 0 Å². The van der Waals surface area contributed by atoms with Gasteiger partial charge in [-0.05, 0) is 65.5 Å². The Morgan fingerprint density at radius 1 is 0.676 bits per heavy atom. The van der Waals surface area contributed by atoms with Gasteiger partial charge in [0.1, 0.15) is 11.5 Å². The fourth-order valence-corrected chi connectivity index (χ4v) is 3.98. The molecule has 0 saturated carbocycles. The average molecular weight is 472 g/mol. The van der Waals surface area contributed by atoms with Crippen LogP contribution in [0.1, 0.15) is 77.1 Å². The highest BCUT2D eigenvalue weighted by atomic mass is 16.7. The fourth-order valence-electron chi connectivity index (χ4n) is 3.98. The molecular formula is C29H45NO4. The van der Waals surface area contributed by atoms with E-state index in [9.17, 15) is 0 Å². The summed E-state index contributed by atoms with van der Waals surface area (Å²) in [6, 6.07) is 8.95. The van der Waals surface area contributed by atoms with Gasteiger partial charge in [-0.25, -0.2) is 0 Å². The van der Waals surface area contributed by atoms with E-state index in [0.717, 1.165) is 47.0 Å². The molecule has 0 unspecified atom stereocenters. The first-order valence-corrected chi connectivity index (χ1v) is 12.2. The molecular weight excluding hydrogens is 426 g/mol. The number of hydrogen-bond acceptors (Lipinski definition) is 5. The van der Waals surface area contributed by atoms with Crippen LogP contribution >= 0.6 is 0 Å². The average Bonchev–Trinajstić information content (AvgIpc) is 2.73. The zero-order chi connectivity index (χ0) is 25.7. The number of ether oxygens (including phenoxy) is 4. The van der Waals surface area contributed by atoms with Crippen LogP contribution in [0.25, 0.3) is 0 Å². The molecule has 5 nitrogen and oxygen atoms in total. The largest absolute Gasteiger partial charge is 0.465 e. The second-order valence-electron chi connectivity index (χ2n) is 11.0. The molecule has 190 valence electrons. The topological polar surface area (TPSA) is 40.2 Å². The van der Waals surface area contributed by atoms with E-state index < -0.39 is 0 Å². The Balaban J connectivity index is 2.88. The lowest BCUT2D eigenvalue weighted by molar-refractivity contribution is 0.0505. The maximum absolute atomic E-state index is 6.15. The summed E-state index contributed by atoms with van der Waals surface area (Å²) in [6.07, 6.45) is 0.963. The maximum atomic E-state index is 6.15. The third kappa shape index (κ3) is 6.67. The summed E-state index contributed by atoms with van der Waals surface area (Å²) in [6.45, 7) is 21.0. The summed E-state index contributed by atoms with van der Waals surface area (Å²) in [5, 5.41) is 0. The molecule has 0 aliphatic heterocycles. The molecule has 5 heteroatoms. The minimum atomic E-state index is -0.00423. The van der Waals surface area contributed by atoms with Crippen LogP contribution in [0.5, 0.6) is 11.5 Å². The van der Waals surface area contributed by atoms with Crippen molar-refractivity contribution in [1.29, 1.82) is 0 Å². The molecule has 0 N–H and O–H groups in total. The molecule has 0 bridgehead atoms. The molecule has 0 fully saturated rings. The van der Waals surface area contributed by atoms with Crippen LogP contribution in [0.15, 0.2) is 24.3 Å². The number of rotatable bonds is 10. The van der Waals surface area contributed by atoms with Crippen molar-refractivity contribution >= 4 is 11.4 Å². The molecule has 0 heterocycles. The molecule has 0 spiro atoms. The predicted molar refractivity (Wildman–Crippen MR) is 142 cm³/mol. The lowest BCUT2D eigenvalue weighted by Gasteiger charge is -2.33. The Morgan fingerprint density at radius 3 is 1.35 bits per heavy atom. The van der Waals surface area contributed by atoms with Crippen molar-refractivity contribution < 1.29 is 18.9 Å². The van der Waals surface area contributed by atoms with E-state index in [-0.39, 0.29) is 24.4 Å². The van der Waals surface area contributed by atoms with Gasteiger partial charge < -0.3 is 23.8 Å². The van der Waals surface area contributed by atoms with Crippen LogP contribution in [-0.4, -0.2) is 34.4 Å². The van der Waals surface area contributed by atoms with E-state index in [1.807, 2.05) is 0 Å². The number of methoxy groups -OCH3 is 2. The Kier molecular flexibility index (Phi) is 9.44. The molecule has 0 amide bonds. The zero-order valence-electron chi connectivity index (χ0n) is 23.2. The van der Waals surface area contributed by atoms with Crippen molar-refractivity contribution in [3.63, 3.8) is 0 Å². The minimum absolute atomic E-state index is 0.00423. The Labute approximate surface area is 207 Å². The van der Waals surface area contributed by atoms with Crippen molar-refractivity contribution in [2.45, 2.75) is 79.6 Å². The normalized spacial score (nSPS) is 12.1. The van der Waals surface area contributed by atoms with Gasteiger partial charge in [0, 0.05) is 20.8 Å². The first-order valence-electron chi connectivity index (χ1n) is 12.2. The molecule has 34 heavy (non-hydrogen) atoms. The van der Waals surface area contributed by atoms with E-state index >= 15 is 0 Å². The molecule has 0 saturated heterocycles. The van der Waals surface area contributed by atoms with Gasteiger partial charge in [0.15, 0.2) is 13.6 Å². The van der Waals surface area contributed by atoms with E-state index in [1.165, 1.54) is 11.1 Å². The van der Waals surface area contributed by atoms with Gasteiger partial charge in [-0.3, -0.25) is 0 Å². The molecule has 0 aliphatic carbocycles. The summed E-state index contributed by atoms with van der Waals surface area (Å²) in [5.74, 6) is 1.67. The molecule has 2 aromatic carbocycles. The third-order valence-electron chi connectivity index (χ3n) is 5.91. The lowest BCUT2D eigenvalue weighted by atomic mass is 9.84. The third-order valence-corrected chi connectivity index (χ3v) is 5.91. The highest BCUT2D eigenvalue weighted by Gasteiger charge is 2.26. The van der Waals surface area contributed by atoms with Crippen molar-refractivity contribution in [3.05, 3.63) is 46.5 Å². The van der Waals surface area contributed by atoms with Gasteiger partial charge in [-0.2, -0.15) is 0 Å². The minimum Gasteiger partial charge on any atom is -0.465 e. The monoisotopic (exact) mass is 471 g/mol. The van der Waals surface area contributed by atoms with E-state index in [4.69, 9.17) is 18.9 Å². The fraction of sp³-hybridized carbons (Fsp3) is 0.586. The van der Waals surface area contributed by atoms with Crippen molar-refractivity contribution in [3.8, 4) is 11.5 Å². The molecule has 2 aromatic rings. The van der Waals surface area contributed by atoms with Crippen LogP contribution in [0, 0.1) is 13.8 Å². The maximum Gasteiger partial charge on any atom is 0.188 e. The quantitative estimate of drug-likeness (QED) is 0.337. The van der Waals surface area contributed by atoms with Crippen molar-refractivity contribution in [2.75, 3.05) is 39.3 Å². The van der Waals surface area contributed by atoms with Crippen LogP contribution in [0.4, 0.5) is 11.4 Å². The first kappa shape index (κ1) is 28.0. The van der Waals surface area contributed by atoms with E-state index in [1.54, 1.807) is 14.2 Å². The summed E-state index contributed by atoms with van der Waals surface area (Å²) in [5.41, 5.74) is 6.73. The summed E-state index contributed by atoms with van der Waals surface area (Å²) in [7, 11) is 3.30. The zero-order valence-corrected chi connectivity index (χ0v) is 23.2. The first-order chi connectivity index (χ1) is 15.8. The van der Waals surface area contributed by atoms with Gasteiger partial charge in [-0.15, -0.1) is 0 Å². The summed E-state index contributed by atoms with van der Waals surface area (Å²) < 4.78 is 22.9. The van der Waals surface area contributed by atoms with Gasteiger partial charge in [-0.1, -0.05) is 60.6 Å². The van der Waals surface area contributed by atoms with Gasteiger partial charge in [0.05, 0.1) is 11.4 Å². The van der Waals surface area contributed by atoms with Crippen LogP contribution in [0.2, 0.25) is 0 Å². The SMILES string of the molecule is CCCN(c1cc(C(C)(C)C)cc(C)c1OCOC)c1cc(C(C)(C)C)cc(C)c1OCOC. The van der Waals surface area contributed by atoms with Gasteiger partial charge >= 0.3 is 0 Å². The molecule has 0 atom stereocenters. The van der Waals surface area contributed by atoms with Crippen molar-refractivity contribution in [2.24, 2.45) is 0 Å². The van der Waals surface area contributed by atoms with Gasteiger partial charge in [0.2, 0.25) is 0 Å². The number of nitrogens with zero attached hydrogens (tertiary/aromatic N) is 1. The number of aryl methyl sites for hydroxylation is 2. The van der Waals surface area contributed by atoms with Crippen LogP contribution in [0.3, 0.4) is 0 Å². The highest BCUT2D eigenvalue weighted by Crippen LogP contribution is 2.45. The Morgan fingerprint density at radius 2 is 1.06 bits per heavy atom. The highest BCUT2D eigenvalue weighted by molar-refractivity contribution is 5.77. The summed E-state index contributed by atoms with van der Waals surface area (Å²) >= 11 is 0. The molecule has 2 rings (SSSR count). The lowest BCUT2D eigenvalue weighted by Crippen LogP contribution is -2.23. The van der Waals surface area contributed by atoms with Gasteiger partial charge in [0.25, 0.3) is 0 Å². The molecule has 0 aliphatic rings. The number of hydrogen-bond donors (Lipinski definition) is 0. The predicted octanol–water partition coefficient (Wildman–Crippen LogP) is 7.41. The Bertz CT molecular complexity index is 879. The summed E-state index contributed by atoms with van der Waals surface area (Å²) in [4.78, 5) is 2.33. The second-order valence-corrected chi connectivity index (χ2v) is 11.0. The standard InChI is InChI=1S/C29H45NO4/c1-12-13-30(24-16-22(28(4,5)6)14-20(2)26(24)33-18-31-10)25-17-23(29(7,8)9)15-21(3)27(25)34-19-32-11/h14-17H,12-13,18-19H2,1-11H3. The van der Waals surface area contributed by atoms with Crippen LogP contribution in [-0.2, 0) is 20.3 Å². The number of anilines is 2.